The van der Waals surface area contributed by atoms with E-state index in [4.69, 9.17) is 4.74 Å². The Balaban J connectivity index is 1.82. The maximum atomic E-state index is 11.7. The van der Waals surface area contributed by atoms with Crippen LogP contribution in [0.3, 0.4) is 0 Å². The van der Waals surface area contributed by atoms with E-state index in [0.29, 0.717) is 6.42 Å². The van der Waals surface area contributed by atoms with E-state index in [-0.39, 0.29) is 17.3 Å². The molecule has 0 aromatic heterocycles. The van der Waals surface area contributed by atoms with Crippen LogP contribution in [0.25, 0.3) is 0 Å². The average molecular weight is 300 g/mol. The van der Waals surface area contributed by atoms with E-state index in [1.165, 1.54) is 12.7 Å². The minimum Gasteiger partial charge on any atom is -0.469 e. The lowest BCUT2D eigenvalue weighted by Gasteiger charge is -2.43. The second kappa shape index (κ2) is 5.88. The first kappa shape index (κ1) is 15.3. The van der Waals surface area contributed by atoms with E-state index < -0.39 is 5.60 Å². The Hall–Kier alpha value is -1.61. The summed E-state index contributed by atoms with van der Waals surface area (Å²) in [5.74, 6) is -0.326. The van der Waals surface area contributed by atoms with E-state index in [0.717, 1.165) is 32.1 Å². The van der Waals surface area contributed by atoms with Gasteiger partial charge in [-0.15, -0.1) is 0 Å². The van der Waals surface area contributed by atoms with Gasteiger partial charge in [0.1, 0.15) is 0 Å². The number of hydrogen-bond acceptors (Lipinski definition) is 3. The molecule has 0 heterocycles. The predicted molar refractivity (Wildman–Crippen MR) is 85.3 cm³/mol. The summed E-state index contributed by atoms with van der Waals surface area (Å²) in [5.41, 5.74) is 0.286. The van der Waals surface area contributed by atoms with Crippen molar-refractivity contribution in [2.24, 2.45) is 11.3 Å². The van der Waals surface area contributed by atoms with Gasteiger partial charge in [0.25, 0.3) is 0 Å². The fourth-order valence-electron chi connectivity index (χ4n) is 4.21. The number of carbonyl (C=O) groups is 1. The molecule has 0 unspecified atom stereocenters. The summed E-state index contributed by atoms with van der Waals surface area (Å²) in [4.78, 5) is 11.7. The van der Waals surface area contributed by atoms with Crippen molar-refractivity contribution in [1.82, 2.24) is 0 Å². The highest BCUT2D eigenvalue weighted by molar-refractivity contribution is 5.74. The summed E-state index contributed by atoms with van der Waals surface area (Å²) in [5, 5.41) is 11.3. The van der Waals surface area contributed by atoms with Gasteiger partial charge < -0.3 is 9.84 Å². The van der Waals surface area contributed by atoms with Crippen LogP contribution in [0.1, 0.15) is 37.7 Å². The van der Waals surface area contributed by atoms with Crippen molar-refractivity contribution in [2.45, 2.75) is 44.1 Å². The largest absolute Gasteiger partial charge is 0.469 e. The number of esters is 1. The first-order chi connectivity index (χ1) is 10.6. The Morgan fingerprint density at radius 1 is 1.27 bits per heavy atom. The number of hydrogen-bond donors (Lipinski definition) is 1. The Morgan fingerprint density at radius 3 is 2.68 bits per heavy atom. The topological polar surface area (TPSA) is 46.5 Å². The van der Waals surface area contributed by atoms with Gasteiger partial charge in [-0.2, -0.15) is 0 Å². The van der Waals surface area contributed by atoms with Crippen LogP contribution in [0.2, 0.25) is 0 Å². The highest BCUT2D eigenvalue weighted by Gasteiger charge is 2.53. The zero-order valence-corrected chi connectivity index (χ0v) is 13.1. The van der Waals surface area contributed by atoms with E-state index in [9.17, 15) is 9.90 Å². The number of carbonyl (C=O) groups excluding carboxylic acids is 1. The average Bonchev–Trinajstić information content (AvgIpc) is 2.84. The van der Waals surface area contributed by atoms with Crippen LogP contribution < -0.4 is 0 Å². The van der Waals surface area contributed by atoms with Crippen molar-refractivity contribution < 1.29 is 14.6 Å². The summed E-state index contributed by atoms with van der Waals surface area (Å²) < 4.78 is 4.84. The third-order valence-electron chi connectivity index (χ3n) is 5.53. The molecule has 2 aliphatic carbocycles. The van der Waals surface area contributed by atoms with Gasteiger partial charge in [0.15, 0.2) is 0 Å². The van der Waals surface area contributed by atoms with Gasteiger partial charge in [0.2, 0.25) is 0 Å². The molecule has 0 amide bonds. The van der Waals surface area contributed by atoms with Gasteiger partial charge in [0.05, 0.1) is 18.6 Å². The Kier molecular flexibility index (Phi) is 4.09. The third-order valence-corrected chi connectivity index (χ3v) is 5.53. The molecule has 3 nitrogen and oxygen atoms in total. The smallest absolute Gasteiger partial charge is 0.312 e. The molecule has 0 saturated heterocycles. The summed E-state index contributed by atoms with van der Waals surface area (Å²) in [6, 6.07) is 10.2. The van der Waals surface area contributed by atoms with E-state index in [1.807, 2.05) is 24.3 Å². The monoisotopic (exact) mass is 300 g/mol. The minimum absolute atomic E-state index is 0.155. The molecule has 1 saturated carbocycles. The maximum Gasteiger partial charge on any atom is 0.312 e. The molecule has 2 aliphatic rings. The molecule has 1 aromatic carbocycles. The lowest BCUT2D eigenvalue weighted by Crippen LogP contribution is -2.46. The summed E-state index contributed by atoms with van der Waals surface area (Å²) in [6.45, 7) is 0. The molecule has 22 heavy (non-hydrogen) atoms. The molecule has 3 heteroatoms. The molecular formula is C19H24O3. The first-order valence-corrected chi connectivity index (χ1v) is 8.12. The van der Waals surface area contributed by atoms with Crippen LogP contribution in [0, 0.1) is 11.3 Å². The second-order valence-corrected chi connectivity index (χ2v) is 6.73. The first-order valence-electron chi connectivity index (χ1n) is 8.12. The fourth-order valence-corrected chi connectivity index (χ4v) is 4.21. The van der Waals surface area contributed by atoms with Crippen molar-refractivity contribution in [3.63, 3.8) is 0 Å². The lowest BCUT2D eigenvalue weighted by atomic mass is 9.65. The van der Waals surface area contributed by atoms with Crippen LogP contribution in [0.4, 0.5) is 0 Å². The zero-order chi connectivity index (χ0) is 15.6. The standard InChI is InChI=1S/C19H24O3/c1-22-17(20)16-8-12-18(13-9-16)10-5-11-19(18,21)14-15-6-3-2-4-7-15/h2-4,6-8,12,16,21H,5,9-11,13-14H2,1H3/t16-,18-,19-/m0/s1. The van der Waals surface area contributed by atoms with Crippen LogP contribution in [0.15, 0.2) is 42.5 Å². The molecule has 0 aliphatic heterocycles. The molecule has 1 fully saturated rings. The van der Waals surface area contributed by atoms with E-state index in [1.54, 1.807) is 0 Å². The molecule has 1 aromatic rings. The number of aliphatic hydroxyl groups is 1. The molecule has 0 radical (unpaired) electrons. The molecule has 1 spiro atoms. The highest BCUT2D eigenvalue weighted by atomic mass is 16.5. The van der Waals surface area contributed by atoms with Gasteiger partial charge in [-0.05, 0) is 37.7 Å². The summed E-state index contributed by atoms with van der Waals surface area (Å²) in [7, 11) is 1.43. The molecule has 0 bridgehead atoms. The van der Waals surface area contributed by atoms with Gasteiger partial charge in [-0.1, -0.05) is 42.5 Å². The molecule has 1 N–H and O–H groups in total. The SMILES string of the molecule is COC(=O)[C@H]1C=C[C@@]2(CCC[C@]2(O)Cc2ccccc2)CC1. The Labute approximate surface area is 132 Å². The van der Waals surface area contributed by atoms with Crippen molar-refractivity contribution in [1.29, 1.82) is 0 Å². The maximum absolute atomic E-state index is 11.7. The van der Waals surface area contributed by atoms with Crippen LogP contribution >= 0.6 is 0 Å². The Morgan fingerprint density at radius 2 is 2.05 bits per heavy atom. The van der Waals surface area contributed by atoms with Gasteiger partial charge in [0, 0.05) is 11.8 Å². The molecule has 3 atom stereocenters. The number of ether oxygens (including phenoxy) is 1. The number of methoxy groups -OCH3 is 1. The van der Waals surface area contributed by atoms with Crippen molar-refractivity contribution >= 4 is 5.97 Å². The fraction of sp³-hybridized carbons (Fsp3) is 0.526. The van der Waals surface area contributed by atoms with Crippen molar-refractivity contribution in [2.75, 3.05) is 7.11 Å². The van der Waals surface area contributed by atoms with Crippen molar-refractivity contribution in [3.8, 4) is 0 Å². The summed E-state index contributed by atoms with van der Waals surface area (Å²) in [6.07, 6.45) is 9.23. The normalized spacial score (nSPS) is 34.0. The van der Waals surface area contributed by atoms with E-state index >= 15 is 0 Å². The Bertz CT molecular complexity index is 565. The van der Waals surface area contributed by atoms with E-state index in [2.05, 4.69) is 18.2 Å². The molecule has 3 rings (SSSR count). The molecular weight excluding hydrogens is 276 g/mol. The second-order valence-electron chi connectivity index (χ2n) is 6.73. The van der Waals surface area contributed by atoms with Crippen LogP contribution in [-0.4, -0.2) is 23.8 Å². The lowest BCUT2D eigenvalue weighted by molar-refractivity contribution is -0.144. The van der Waals surface area contributed by atoms with Gasteiger partial charge >= 0.3 is 5.97 Å². The number of benzene rings is 1. The van der Waals surface area contributed by atoms with Gasteiger partial charge in [-0.25, -0.2) is 0 Å². The highest BCUT2D eigenvalue weighted by Crippen LogP contribution is 2.54. The minimum atomic E-state index is -0.702. The zero-order valence-electron chi connectivity index (χ0n) is 13.1. The quantitative estimate of drug-likeness (QED) is 0.688. The third kappa shape index (κ3) is 2.58. The van der Waals surface area contributed by atoms with Gasteiger partial charge in [-0.3, -0.25) is 4.79 Å². The summed E-state index contributed by atoms with van der Waals surface area (Å²) >= 11 is 0. The number of rotatable bonds is 3. The molecule has 118 valence electrons. The van der Waals surface area contributed by atoms with Crippen LogP contribution in [0.5, 0.6) is 0 Å². The predicted octanol–water partition coefficient (Wildman–Crippen LogP) is 3.27. The van der Waals surface area contributed by atoms with Crippen molar-refractivity contribution in [3.05, 3.63) is 48.0 Å². The van der Waals surface area contributed by atoms with Crippen LogP contribution in [-0.2, 0) is 16.0 Å².